The van der Waals surface area contributed by atoms with E-state index in [-0.39, 0.29) is 28.9 Å². The van der Waals surface area contributed by atoms with Gasteiger partial charge in [0.2, 0.25) is 5.91 Å². The zero-order valence-electron chi connectivity index (χ0n) is 21.3. The Balaban J connectivity index is 1.26. The Morgan fingerprint density at radius 1 is 1.06 bits per heavy atom. The first-order chi connectivity index (χ1) is 16.7. The monoisotopic (exact) mass is 538 g/mol. The fraction of sp³-hybridized carbons (Fsp3) is 0.667. The van der Waals surface area contributed by atoms with E-state index in [0.717, 1.165) is 47.9 Å². The maximum atomic E-state index is 12.6. The topological polar surface area (TPSA) is 52.9 Å². The van der Waals surface area contributed by atoms with Gasteiger partial charge in [-0.05, 0) is 97.6 Å². The van der Waals surface area contributed by atoms with E-state index in [0.29, 0.717) is 5.92 Å². The van der Waals surface area contributed by atoms with Crippen LogP contribution in [-0.2, 0) is 4.79 Å². The second-order valence-electron chi connectivity index (χ2n) is 12.5. The molecule has 1 N–H and O–H groups in total. The molecule has 1 aromatic rings. The van der Waals surface area contributed by atoms with Gasteiger partial charge in [-0.25, -0.2) is 5.01 Å². The van der Waals surface area contributed by atoms with Crippen molar-refractivity contribution in [1.29, 1.82) is 0 Å². The van der Waals surface area contributed by atoms with E-state index < -0.39 is 0 Å². The van der Waals surface area contributed by atoms with Gasteiger partial charge in [0, 0.05) is 29.4 Å². The van der Waals surface area contributed by atoms with Crippen molar-refractivity contribution >= 4 is 27.5 Å². The van der Waals surface area contributed by atoms with E-state index in [1.807, 2.05) is 0 Å². The minimum absolute atomic E-state index is 0.0181. The fourth-order valence-electron chi connectivity index (χ4n) is 9.24. The van der Waals surface area contributed by atoms with Crippen LogP contribution >= 0.6 is 15.9 Å². The molecule has 3 saturated carbocycles. The molecule has 1 aromatic carbocycles. The molecule has 5 heteroatoms. The summed E-state index contributed by atoms with van der Waals surface area (Å²) in [5, 5.41) is 17.1. The molecule has 35 heavy (non-hydrogen) atoms. The van der Waals surface area contributed by atoms with Crippen LogP contribution < -0.4 is 0 Å². The van der Waals surface area contributed by atoms with Crippen LogP contribution in [0.3, 0.4) is 0 Å². The highest BCUT2D eigenvalue weighted by atomic mass is 79.9. The van der Waals surface area contributed by atoms with Gasteiger partial charge >= 0.3 is 0 Å². The fourth-order valence-corrected chi connectivity index (χ4v) is 9.50. The van der Waals surface area contributed by atoms with Crippen LogP contribution in [0.4, 0.5) is 0 Å². The predicted molar refractivity (Wildman–Crippen MR) is 143 cm³/mol. The number of aliphatic hydroxyl groups is 1. The maximum absolute atomic E-state index is 12.6. The standard InChI is InChI=1S/C30H39BrN2O2/c1-18(34)33-28(19-4-7-21(31)8-5-19)17-27(32-33)26-11-10-24-23-9-6-20-16-22(35)12-14-29(20,2)25(23)13-15-30(24,26)3/h4-5,7-8,16,22-26,28,35H,6,9-15,17H2,1-3H3/t22-,23-,24-,25-,26+,28+,29-,30-/m0/s1. The smallest absolute Gasteiger partial charge is 0.240 e. The lowest BCUT2D eigenvalue weighted by molar-refractivity contribution is -0.130. The van der Waals surface area contributed by atoms with Crippen molar-refractivity contribution in [2.45, 2.75) is 90.7 Å². The van der Waals surface area contributed by atoms with Crippen molar-refractivity contribution in [3.8, 4) is 0 Å². The molecule has 4 nitrogen and oxygen atoms in total. The molecule has 188 valence electrons. The van der Waals surface area contributed by atoms with Crippen LogP contribution in [0.1, 0.15) is 90.2 Å². The molecule has 0 saturated heterocycles. The number of allylic oxidation sites excluding steroid dienone is 1. The minimum Gasteiger partial charge on any atom is -0.389 e. The van der Waals surface area contributed by atoms with Gasteiger partial charge in [-0.3, -0.25) is 4.79 Å². The molecule has 8 atom stereocenters. The van der Waals surface area contributed by atoms with E-state index in [1.165, 1.54) is 43.4 Å². The van der Waals surface area contributed by atoms with E-state index in [1.54, 1.807) is 17.5 Å². The molecule has 0 bridgehead atoms. The summed E-state index contributed by atoms with van der Waals surface area (Å²) in [6.07, 6.45) is 12.4. The second kappa shape index (κ2) is 8.55. The Morgan fingerprint density at radius 3 is 2.57 bits per heavy atom. The first-order valence-corrected chi connectivity index (χ1v) is 14.5. The number of carbonyl (C=O) groups excluding carboxylic acids is 1. The van der Waals surface area contributed by atoms with E-state index in [2.05, 4.69) is 60.1 Å². The van der Waals surface area contributed by atoms with Crippen LogP contribution in [0, 0.1) is 34.5 Å². The molecule has 0 spiro atoms. The molecule has 5 aliphatic rings. The van der Waals surface area contributed by atoms with Crippen molar-refractivity contribution in [2.24, 2.45) is 39.6 Å². The molecular weight excluding hydrogens is 500 g/mol. The van der Waals surface area contributed by atoms with Gasteiger partial charge < -0.3 is 5.11 Å². The summed E-state index contributed by atoms with van der Waals surface area (Å²) in [4.78, 5) is 12.6. The number of amides is 1. The number of hydrogen-bond acceptors (Lipinski definition) is 3. The normalized spacial score (nSPS) is 42.6. The Labute approximate surface area is 218 Å². The van der Waals surface area contributed by atoms with Crippen LogP contribution in [0.5, 0.6) is 0 Å². The third-order valence-corrected chi connectivity index (χ3v) is 11.5. The Bertz CT molecular complexity index is 1080. The molecule has 1 amide bonds. The Morgan fingerprint density at radius 2 is 1.83 bits per heavy atom. The average Bonchev–Trinajstić information content (AvgIpc) is 3.41. The van der Waals surface area contributed by atoms with Crippen molar-refractivity contribution < 1.29 is 9.90 Å². The van der Waals surface area contributed by atoms with Gasteiger partial charge in [0.1, 0.15) is 0 Å². The number of nitrogens with zero attached hydrogens (tertiary/aromatic N) is 2. The molecule has 0 unspecified atom stereocenters. The lowest BCUT2D eigenvalue weighted by atomic mass is 9.46. The maximum Gasteiger partial charge on any atom is 0.240 e. The largest absolute Gasteiger partial charge is 0.389 e. The number of carbonyl (C=O) groups is 1. The molecular formula is C30H39BrN2O2. The molecule has 1 aliphatic heterocycles. The second-order valence-corrected chi connectivity index (χ2v) is 13.4. The number of hydrazone groups is 1. The van der Waals surface area contributed by atoms with Gasteiger partial charge in [-0.1, -0.05) is 53.6 Å². The van der Waals surface area contributed by atoms with Crippen molar-refractivity contribution in [3.05, 3.63) is 46.0 Å². The number of halogens is 1. The van der Waals surface area contributed by atoms with Crippen LogP contribution in [0.25, 0.3) is 0 Å². The summed E-state index contributed by atoms with van der Waals surface area (Å²) in [6, 6.07) is 8.40. The summed E-state index contributed by atoms with van der Waals surface area (Å²) in [5.41, 5.74) is 4.54. The third kappa shape index (κ3) is 3.70. The number of rotatable bonds is 2. The van der Waals surface area contributed by atoms with Gasteiger partial charge in [0.05, 0.1) is 12.1 Å². The zero-order chi connectivity index (χ0) is 24.5. The number of fused-ring (bicyclic) bond motifs is 5. The molecule has 1 heterocycles. The van der Waals surface area contributed by atoms with Crippen LogP contribution in [0.2, 0.25) is 0 Å². The van der Waals surface area contributed by atoms with Gasteiger partial charge in [-0.2, -0.15) is 5.10 Å². The average molecular weight is 540 g/mol. The lowest BCUT2D eigenvalue weighted by Gasteiger charge is -2.58. The number of benzene rings is 1. The summed E-state index contributed by atoms with van der Waals surface area (Å²) in [5.74, 6) is 2.80. The number of hydrogen-bond donors (Lipinski definition) is 1. The lowest BCUT2D eigenvalue weighted by Crippen LogP contribution is -2.51. The highest BCUT2D eigenvalue weighted by Crippen LogP contribution is 2.67. The van der Waals surface area contributed by atoms with Crippen LogP contribution in [-0.4, -0.2) is 27.8 Å². The summed E-state index contributed by atoms with van der Waals surface area (Å²) in [7, 11) is 0. The van der Waals surface area contributed by atoms with Gasteiger partial charge in [0.15, 0.2) is 0 Å². The molecule has 4 aliphatic carbocycles. The predicted octanol–water partition coefficient (Wildman–Crippen LogP) is 7.04. The zero-order valence-corrected chi connectivity index (χ0v) is 22.9. The van der Waals surface area contributed by atoms with Gasteiger partial charge in [0.25, 0.3) is 0 Å². The third-order valence-electron chi connectivity index (χ3n) is 11.0. The SMILES string of the molecule is CC(=O)N1N=C([C@H]2CC[C@H]3[C@@H]4CCC5=C[C@@H](O)CC[C@]5(C)[C@H]4CC[C@]23C)C[C@@H]1c1ccc(Br)cc1. The quantitative estimate of drug-likeness (QED) is 0.410. The van der Waals surface area contributed by atoms with Gasteiger partial charge in [-0.15, -0.1) is 0 Å². The van der Waals surface area contributed by atoms with Crippen molar-refractivity contribution in [1.82, 2.24) is 5.01 Å². The first-order valence-electron chi connectivity index (χ1n) is 13.7. The first kappa shape index (κ1) is 23.9. The highest BCUT2D eigenvalue weighted by molar-refractivity contribution is 9.10. The van der Waals surface area contributed by atoms with E-state index in [9.17, 15) is 9.90 Å². The summed E-state index contributed by atoms with van der Waals surface area (Å²) < 4.78 is 1.06. The Kier molecular flexibility index (Phi) is 5.84. The molecule has 0 aromatic heterocycles. The van der Waals surface area contributed by atoms with Crippen molar-refractivity contribution in [3.63, 3.8) is 0 Å². The summed E-state index contributed by atoms with van der Waals surface area (Å²) in [6.45, 7) is 6.71. The number of aliphatic hydroxyl groups excluding tert-OH is 1. The molecule has 6 rings (SSSR count). The molecule has 3 fully saturated rings. The highest BCUT2D eigenvalue weighted by Gasteiger charge is 2.60. The van der Waals surface area contributed by atoms with Crippen molar-refractivity contribution in [2.75, 3.05) is 0 Å². The van der Waals surface area contributed by atoms with Crippen LogP contribution in [0.15, 0.2) is 45.5 Å². The minimum atomic E-state index is -0.234. The summed E-state index contributed by atoms with van der Waals surface area (Å²) >= 11 is 3.54. The molecule has 0 radical (unpaired) electrons. The Hall–Kier alpha value is -1.46. The van der Waals surface area contributed by atoms with E-state index in [4.69, 9.17) is 5.10 Å². The van der Waals surface area contributed by atoms with E-state index >= 15 is 0 Å².